The number of hydrogen-bond donors (Lipinski definition) is 0. The summed E-state index contributed by atoms with van der Waals surface area (Å²) in [6.45, 7) is 2.69. The van der Waals surface area contributed by atoms with Gasteiger partial charge in [-0.15, -0.1) is 10.1 Å². The van der Waals surface area contributed by atoms with Crippen LogP contribution in [0.1, 0.15) is 18.3 Å². The van der Waals surface area contributed by atoms with Crippen LogP contribution in [0.15, 0.2) is 12.1 Å². The normalized spacial score (nSPS) is 9.62. The minimum atomic E-state index is -0.892. The average molecular weight is 226 g/mol. The second-order valence-electron chi connectivity index (χ2n) is 2.98. The van der Waals surface area contributed by atoms with Crippen molar-refractivity contribution in [1.82, 2.24) is 4.98 Å². The lowest BCUT2D eigenvalue weighted by Gasteiger charge is -2.06. The highest BCUT2D eigenvalue weighted by atomic mass is 16.9. The lowest BCUT2D eigenvalue weighted by molar-refractivity contribution is -0.763. The molecule has 0 aliphatic carbocycles. The molecule has 1 aromatic heterocycles. The Bertz CT molecular complexity index is 418. The summed E-state index contributed by atoms with van der Waals surface area (Å²) in [4.78, 5) is 28.8. The highest BCUT2D eigenvalue weighted by Crippen LogP contribution is 2.16. The Hall–Kier alpha value is -2.18. The monoisotopic (exact) mass is 226 g/mol. The summed E-state index contributed by atoms with van der Waals surface area (Å²) in [5.74, 6) is -0.114. The van der Waals surface area contributed by atoms with Gasteiger partial charge in [-0.2, -0.15) is 0 Å². The maximum atomic E-state index is 10.7. The van der Waals surface area contributed by atoms with Crippen molar-refractivity contribution in [1.29, 1.82) is 0 Å². The number of carbonyl (C=O) groups excluding carboxylic acids is 1. The predicted molar refractivity (Wildman–Crippen MR) is 52.1 cm³/mol. The predicted octanol–water partition coefficient (Wildman–Crippen LogP) is 1.02. The van der Waals surface area contributed by atoms with Crippen LogP contribution >= 0.6 is 0 Å². The molecule has 0 atom stereocenters. The van der Waals surface area contributed by atoms with E-state index in [1.807, 2.05) is 0 Å². The first-order valence-corrected chi connectivity index (χ1v) is 4.41. The number of aromatic nitrogens is 1. The van der Waals surface area contributed by atoms with Crippen molar-refractivity contribution < 1.29 is 19.5 Å². The Kier molecular flexibility index (Phi) is 3.76. The van der Waals surface area contributed by atoms with Crippen molar-refractivity contribution in [2.45, 2.75) is 20.5 Å². The van der Waals surface area contributed by atoms with E-state index in [2.05, 4.69) is 9.82 Å². The van der Waals surface area contributed by atoms with Gasteiger partial charge in [0.25, 0.3) is 5.09 Å². The molecule has 0 amide bonds. The molecule has 0 unspecified atom stereocenters. The number of pyridine rings is 1. The Balaban J connectivity index is 2.74. The summed E-state index contributed by atoms with van der Waals surface area (Å²) in [7, 11) is 0. The van der Waals surface area contributed by atoms with Crippen molar-refractivity contribution in [3.05, 3.63) is 33.6 Å². The maximum absolute atomic E-state index is 10.7. The molecule has 16 heavy (non-hydrogen) atoms. The largest absolute Gasteiger partial charge is 0.425 e. The maximum Gasteiger partial charge on any atom is 0.308 e. The molecule has 0 aromatic carbocycles. The number of hydrogen-bond acceptors (Lipinski definition) is 6. The fraction of sp³-hybridized carbons (Fsp3) is 0.333. The van der Waals surface area contributed by atoms with Gasteiger partial charge in [0.1, 0.15) is 6.61 Å². The average Bonchev–Trinajstić information content (AvgIpc) is 2.18. The highest BCUT2D eigenvalue weighted by molar-refractivity contribution is 5.69. The van der Waals surface area contributed by atoms with Crippen molar-refractivity contribution in [3.8, 4) is 5.75 Å². The zero-order valence-corrected chi connectivity index (χ0v) is 8.80. The molecule has 0 spiro atoms. The van der Waals surface area contributed by atoms with Crippen molar-refractivity contribution in [2.24, 2.45) is 0 Å². The van der Waals surface area contributed by atoms with E-state index < -0.39 is 11.1 Å². The fourth-order valence-electron chi connectivity index (χ4n) is 1.06. The minimum Gasteiger partial charge on any atom is -0.425 e. The standard InChI is InChI=1S/C9H10N2O5/c1-6-9(16-7(2)12)4-3-8(10-6)5-15-11(13)14/h3-4H,5H2,1-2H3. The molecular formula is C9H10N2O5. The van der Waals surface area contributed by atoms with Gasteiger partial charge in [-0.05, 0) is 19.1 Å². The molecule has 0 aliphatic rings. The lowest BCUT2D eigenvalue weighted by Crippen LogP contribution is -2.06. The molecule has 1 aromatic rings. The number of carbonyl (C=O) groups is 1. The number of ether oxygens (including phenoxy) is 1. The van der Waals surface area contributed by atoms with Crippen molar-refractivity contribution in [3.63, 3.8) is 0 Å². The third-order valence-corrected chi connectivity index (χ3v) is 1.67. The topological polar surface area (TPSA) is 91.6 Å². The van der Waals surface area contributed by atoms with E-state index in [0.717, 1.165) is 0 Å². The second kappa shape index (κ2) is 5.06. The molecule has 1 rings (SSSR count). The number of nitrogens with zero attached hydrogens (tertiary/aromatic N) is 2. The first-order chi connectivity index (χ1) is 7.49. The highest BCUT2D eigenvalue weighted by Gasteiger charge is 2.06. The van der Waals surface area contributed by atoms with E-state index in [-0.39, 0.29) is 6.61 Å². The van der Waals surface area contributed by atoms with Crippen LogP contribution in [0.5, 0.6) is 5.75 Å². The molecule has 7 nitrogen and oxygen atoms in total. The van der Waals surface area contributed by atoms with E-state index in [1.165, 1.54) is 19.1 Å². The molecule has 0 bridgehead atoms. The van der Waals surface area contributed by atoms with Crippen LogP contribution in [0, 0.1) is 17.0 Å². The minimum absolute atomic E-state index is 0.228. The molecule has 0 N–H and O–H groups in total. The van der Waals surface area contributed by atoms with Crippen molar-refractivity contribution >= 4 is 5.97 Å². The first kappa shape index (κ1) is 11.9. The van der Waals surface area contributed by atoms with E-state index in [9.17, 15) is 14.9 Å². The molecule has 1 heterocycles. The molecule has 0 saturated heterocycles. The van der Waals surface area contributed by atoms with Gasteiger partial charge < -0.3 is 9.57 Å². The third kappa shape index (κ3) is 3.52. The van der Waals surface area contributed by atoms with Gasteiger partial charge in [-0.25, -0.2) is 0 Å². The van der Waals surface area contributed by atoms with Gasteiger partial charge in [0.05, 0.1) is 11.4 Å². The van der Waals surface area contributed by atoms with Crippen LogP contribution in [0.2, 0.25) is 0 Å². The summed E-state index contributed by atoms with van der Waals surface area (Å²) in [6.07, 6.45) is 0. The van der Waals surface area contributed by atoms with E-state index in [4.69, 9.17) is 4.74 Å². The summed E-state index contributed by atoms with van der Waals surface area (Å²) in [5, 5.41) is 9.06. The fourth-order valence-corrected chi connectivity index (χ4v) is 1.06. The Morgan fingerprint density at radius 2 is 2.25 bits per heavy atom. The number of esters is 1. The summed E-state index contributed by atoms with van der Waals surface area (Å²) in [5.41, 5.74) is 0.866. The summed E-state index contributed by atoms with van der Waals surface area (Å²) >= 11 is 0. The Morgan fingerprint density at radius 3 is 2.75 bits per heavy atom. The van der Waals surface area contributed by atoms with Gasteiger partial charge >= 0.3 is 5.97 Å². The quantitative estimate of drug-likeness (QED) is 0.432. The Morgan fingerprint density at radius 1 is 1.56 bits per heavy atom. The lowest BCUT2D eigenvalue weighted by atomic mass is 10.3. The van der Waals surface area contributed by atoms with E-state index >= 15 is 0 Å². The summed E-state index contributed by atoms with van der Waals surface area (Å²) < 4.78 is 4.85. The van der Waals surface area contributed by atoms with E-state index in [0.29, 0.717) is 17.1 Å². The summed E-state index contributed by atoms with van der Waals surface area (Å²) in [6, 6.07) is 3.01. The molecule has 0 saturated carbocycles. The SMILES string of the molecule is CC(=O)Oc1ccc(CO[N+](=O)[O-])nc1C. The van der Waals surface area contributed by atoms with E-state index in [1.54, 1.807) is 6.92 Å². The molecular weight excluding hydrogens is 216 g/mol. The van der Waals surface area contributed by atoms with Gasteiger partial charge in [0, 0.05) is 6.92 Å². The second-order valence-corrected chi connectivity index (χ2v) is 2.98. The van der Waals surface area contributed by atoms with Crippen LogP contribution in [-0.2, 0) is 16.2 Å². The van der Waals surface area contributed by atoms with Crippen LogP contribution in [0.4, 0.5) is 0 Å². The zero-order valence-electron chi connectivity index (χ0n) is 8.80. The molecule has 7 heteroatoms. The molecule has 86 valence electrons. The first-order valence-electron chi connectivity index (χ1n) is 4.41. The van der Waals surface area contributed by atoms with Crippen LogP contribution in [-0.4, -0.2) is 16.0 Å². The molecule has 0 fully saturated rings. The number of rotatable bonds is 4. The third-order valence-electron chi connectivity index (χ3n) is 1.67. The Labute approximate surface area is 91.1 Å². The number of aryl methyl sites for hydroxylation is 1. The van der Waals surface area contributed by atoms with Crippen LogP contribution < -0.4 is 4.74 Å². The van der Waals surface area contributed by atoms with Gasteiger partial charge in [-0.3, -0.25) is 9.78 Å². The van der Waals surface area contributed by atoms with Crippen LogP contribution in [0.3, 0.4) is 0 Å². The van der Waals surface area contributed by atoms with Crippen LogP contribution in [0.25, 0.3) is 0 Å². The van der Waals surface area contributed by atoms with Gasteiger partial charge in [0.2, 0.25) is 0 Å². The van der Waals surface area contributed by atoms with Gasteiger partial charge in [0.15, 0.2) is 5.75 Å². The van der Waals surface area contributed by atoms with Gasteiger partial charge in [-0.1, -0.05) is 0 Å². The molecule has 0 radical (unpaired) electrons. The zero-order chi connectivity index (χ0) is 12.1. The van der Waals surface area contributed by atoms with Crippen molar-refractivity contribution in [2.75, 3.05) is 0 Å². The smallest absolute Gasteiger partial charge is 0.308 e. The molecule has 0 aliphatic heterocycles.